The van der Waals surface area contributed by atoms with Crippen LogP contribution in [0, 0.1) is 0 Å². The van der Waals surface area contributed by atoms with Crippen LogP contribution in [0.1, 0.15) is 13.8 Å². The van der Waals surface area contributed by atoms with Gasteiger partial charge < -0.3 is 4.74 Å². The first-order valence-corrected chi connectivity index (χ1v) is 12.7. The molecule has 164 valence electrons. The summed E-state index contributed by atoms with van der Waals surface area (Å²) in [5.74, 6) is 0.268. The number of rotatable bonds is 4. The lowest BCUT2D eigenvalue weighted by molar-refractivity contribution is -0.116. The van der Waals surface area contributed by atoms with Crippen LogP contribution in [0.5, 0.6) is 5.75 Å². The first-order chi connectivity index (χ1) is 13.8. The van der Waals surface area contributed by atoms with E-state index >= 15 is 0 Å². The van der Waals surface area contributed by atoms with E-state index < -0.39 is 26.0 Å². The highest BCUT2D eigenvalue weighted by Gasteiger charge is 2.15. The van der Waals surface area contributed by atoms with Crippen molar-refractivity contribution in [2.75, 3.05) is 6.61 Å². The molecule has 0 saturated carbocycles. The third-order valence-electron chi connectivity index (χ3n) is 3.08. The third-order valence-corrected chi connectivity index (χ3v) is 7.73. The van der Waals surface area contributed by atoms with Crippen LogP contribution in [-0.4, -0.2) is 44.1 Å². The number of aryl methyl sites for hydroxylation is 1. The van der Waals surface area contributed by atoms with Gasteiger partial charge in [-0.05, 0) is 25.1 Å². The van der Waals surface area contributed by atoms with Gasteiger partial charge in [0.05, 0.1) is 16.8 Å². The SMILES string of the molecule is CC(=O)/N=c1\sc(S(N)(=O)=O)nn1C.CCOc1ccc2nc(S(N)(=O)=O)sc2c1. The van der Waals surface area contributed by atoms with E-state index in [1.54, 1.807) is 18.2 Å². The first kappa shape index (κ1) is 24.0. The zero-order valence-electron chi connectivity index (χ0n) is 16.0. The summed E-state index contributed by atoms with van der Waals surface area (Å²) in [5.41, 5.74) is 0.609. The lowest BCUT2D eigenvalue weighted by Gasteiger charge is -2.00. The monoisotopic (exact) mass is 494 g/mol. The van der Waals surface area contributed by atoms with E-state index in [0.29, 0.717) is 17.9 Å². The van der Waals surface area contributed by atoms with Gasteiger partial charge in [-0.2, -0.15) is 4.99 Å². The van der Waals surface area contributed by atoms with Crippen molar-refractivity contribution in [1.29, 1.82) is 0 Å². The molecule has 0 aliphatic rings. The molecule has 0 fully saturated rings. The number of carbonyl (C=O) groups excluding carboxylic acids is 1. The molecule has 0 spiro atoms. The summed E-state index contributed by atoms with van der Waals surface area (Å²) in [6.45, 7) is 3.70. The molecule has 12 nitrogen and oxygen atoms in total. The van der Waals surface area contributed by atoms with Gasteiger partial charge in [0, 0.05) is 14.0 Å². The van der Waals surface area contributed by atoms with Crippen molar-refractivity contribution in [1.82, 2.24) is 14.8 Å². The van der Waals surface area contributed by atoms with Crippen molar-refractivity contribution in [2.45, 2.75) is 22.5 Å². The predicted octanol–water partition coefficient (Wildman–Crippen LogP) is -0.0814. The maximum atomic E-state index is 11.1. The molecule has 1 aromatic carbocycles. The van der Waals surface area contributed by atoms with Crippen molar-refractivity contribution >= 4 is 58.8 Å². The molecule has 2 aromatic heterocycles. The lowest BCUT2D eigenvalue weighted by atomic mass is 10.3. The van der Waals surface area contributed by atoms with Crippen molar-refractivity contribution in [3.63, 3.8) is 0 Å². The highest BCUT2D eigenvalue weighted by molar-refractivity contribution is 7.91. The molecule has 0 aliphatic carbocycles. The summed E-state index contributed by atoms with van der Waals surface area (Å²) in [6, 6.07) is 5.22. The second-order valence-corrected chi connectivity index (χ2v) is 11.0. The van der Waals surface area contributed by atoms with Crippen molar-refractivity contribution in [2.24, 2.45) is 22.3 Å². The van der Waals surface area contributed by atoms with Crippen LogP contribution in [0.3, 0.4) is 0 Å². The smallest absolute Gasteiger partial charge is 0.267 e. The number of hydrogen-bond donors (Lipinski definition) is 2. The number of hydrogen-bond acceptors (Lipinski definition) is 10. The molecule has 3 aromatic rings. The molecule has 1 amide bonds. The van der Waals surface area contributed by atoms with Gasteiger partial charge >= 0.3 is 0 Å². The van der Waals surface area contributed by atoms with Gasteiger partial charge in [-0.1, -0.05) is 11.3 Å². The molecular formula is C14H18N6O6S4. The average Bonchev–Trinajstić information content (AvgIpc) is 3.18. The van der Waals surface area contributed by atoms with E-state index in [4.69, 9.17) is 15.0 Å². The predicted molar refractivity (Wildman–Crippen MR) is 111 cm³/mol. The molecular weight excluding hydrogens is 476 g/mol. The van der Waals surface area contributed by atoms with Gasteiger partial charge in [-0.15, -0.1) is 16.4 Å². The molecule has 2 heterocycles. The Morgan fingerprint density at radius 3 is 2.30 bits per heavy atom. The Hall–Kier alpha value is -2.24. The number of amides is 1. The number of nitrogens with two attached hydrogens (primary N) is 2. The zero-order chi connectivity index (χ0) is 22.7. The number of primary sulfonamides is 2. The Bertz CT molecular complexity index is 1350. The molecule has 0 radical (unpaired) electrons. The summed E-state index contributed by atoms with van der Waals surface area (Å²) in [7, 11) is -6.07. The quantitative estimate of drug-likeness (QED) is 0.503. The number of aromatic nitrogens is 3. The molecule has 16 heteroatoms. The number of benzene rings is 1. The van der Waals surface area contributed by atoms with Crippen LogP contribution in [0.25, 0.3) is 10.2 Å². The van der Waals surface area contributed by atoms with Crippen LogP contribution in [0.4, 0.5) is 0 Å². The van der Waals surface area contributed by atoms with Crippen LogP contribution >= 0.6 is 22.7 Å². The number of ether oxygens (including phenoxy) is 1. The molecule has 0 saturated heterocycles. The lowest BCUT2D eigenvalue weighted by Crippen LogP contribution is -2.14. The topological polar surface area (TPSA) is 190 Å². The molecule has 4 N–H and O–H groups in total. The van der Waals surface area contributed by atoms with E-state index in [1.165, 1.54) is 18.7 Å². The van der Waals surface area contributed by atoms with Gasteiger partial charge in [0.2, 0.25) is 19.4 Å². The number of thiazole rings is 1. The normalized spacial score (nSPS) is 12.5. The van der Waals surface area contributed by atoms with Gasteiger partial charge in [0.1, 0.15) is 5.75 Å². The van der Waals surface area contributed by atoms with Crippen LogP contribution in [-0.2, 0) is 31.9 Å². The molecule has 0 aliphatic heterocycles. The third kappa shape index (κ3) is 6.38. The second-order valence-electron chi connectivity index (χ2n) is 5.54. The van der Waals surface area contributed by atoms with Gasteiger partial charge in [-0.25, -0.2) is 36.8 Å². The highest BCUT2D eigenvalue weighted by Crippen LogP contribution is 2.28. The number of fused-ring (bicyclic) bond motifs is 1. The van der Waals surface area contributed by atoms with Crippen LogP contribution in [0.2, 0.25) is 0 Å². The van der Waals surface area contributed by atoms with Crippen LogP contribution < -0.4 is 19.8 Å². The fourth-order valence-electron chi connectivity index (χ4n) is 1.94. The molecule has 0 atom stereocenters. The van der Waals surface area contributed by atoms with E-state index in [0.717, 1.165) is 27.4 Å². The second kappa shape index (κ2) is 9.27. The van der Waals surface area contributed by atoms with Crippen LogP contribution in [0.15, 0.2) is 31.9 Å². The van der Waals surface area contributed by atoms with Crippen molar-refractivity contribution < 1.29 is 26.4 Å². The Morgan fingerprint density at radius 2 is 1.80 bits per heavy atom. The summed E-state index contributed by atoms with van der Waals surface area (Å²) in [5, 5.41) is 13.5. The van der Waals surface area contributed by atoms with E-state index in [9.17, 15) is 21.6 Å². The van der Waals surface area contributed by atoms with E-state index in [2.05, 4.69) is 15.1 Å². The standard InChI is InChI=1S/C9H10N2O3S2.C5H8N4O3S2/c1-2-14-6-3-4-7-8(5-6)15-9(11-7)16(10,12)13;1-3(10)7-4-9(2)8-5(13-4)14(6,11)12/h3-5H,2H2,1H3,(H2,10,12,13);1-2H3,(H2,6,11,12)/b;7-4-. The fourth-order valence-corrected chi connectivity index (χ4v) is 5.21. The van der Waals surface area contributed by atoms with E-state index in [1.807, 2.05) is 6.92 Å². The Balaban J connectivity index is 0.000000216. The first-order valence-electron chi connectivity index (χ1n) is 7.99. The Kier molecular flexibility index (Phi) is 7.43. The Morgan fingerprint density at radius 1 is 1.17 bits per heavy atom. The summed E-state index contributed by atoms with van der Waals surface area (Å²) >= 11 is 1.79. The number of carbonyl (C=O) groups is 1. The van der Waals surface area contributed by atoms with Gasteiger partial charge in [0.15, 0.2) is 0 Å². The summed E-state index contributed by atoms with van der Waals surface area (Å²) in [4.78, 5) is 18.3. The van der Waals surface area contributed by atoms with Gasteiger partial charge in [0.25, 0.3) is 20.0 Å². The number of sulfonamides is 2. The van der Waals surface area contributed by atoms with Crippen molar-refractivity contribution in [3.8, 4) is 5.75 Å². The summed E-state index contributed by atoms with van der Waals surface area (Å²) < 4.78 is 50.9. The maximum Gasteiger partial charge on any atom is 0.267 e. The number of nitrogens with zero attached hydrogens (tertiary/aromatic N) is 4. The highest BCUT2D eigenvalue weighted by atomic mass is 32.3. The molecule has 0 unspecified atom stereocenters. The molecule has 0 bridgehead atoms. The summed E-state index contributed by atoms with van der Waals surface area (Å²) in [6.07, 6.45) is 0. The maximum absolute atomic E-state index is 11.1. The Labute approximate surface area is 179 Å². The minimum atomic E-state index is -3.83. The molecule has 30 heavy (non-hydrogen) atoms. The largest absolute Gasteiger partial charge is 0.494 e. The fraction of sp³-hybridized carbons (Fsp3) is 0.286. The molecule has 3 rings (SSSR count). The van der Waals surface area contributed by atoms with Gasteiger partial charge in [-0.3, -0.25) is 4.79 Å². The minimum Gasteiger partial charge on any atom is -0.494 e. The van der Waals surface area contributed by atoms with Crippen molar-refractivity contribution in [3.05, 3.63) is 23.0 Å². The van der Waals surface area contributed by atoms with E-state index in [-0.39, 0.29) is 13.5 Å². The minimum absolute atomic E-state index is 0.0730. The average molecular weight is 495 g/mol. The zero-order valence-corrected chi connectivity index (χ0v) is 19.2.